The van der Waals surface area contributed by atoms with Gasteiger partial charge in [0.25, 0.3) is 0 Å². The van der Waals surface area contributed by atoms with Crippen LogP contribution < -0.4 is 19.1 Å². The van der Waals surface area contributed by atoms with Crippen LogP contribution in [0, 0.1) is 17.2 Å². The quantitative estimate of drug-likeness (QED) is 0.646. The van der Waals surface area contributed by atoms with Crippen molar-refractivity contribution in [3.8, 4) is 23.4 Å². The van der Waals surface area contributed by atoms with Gasteiger partial charge < -0.3 is 28.7 Å². The molecule has 9 heteroatoms. The Balaban J connectivity index is 1.33. The highest BCUT2D eigenvalue weighted by Gasteiger charge is 2.33. The molecule has 1 aromatic heterocycles. The lowest BCUT2D eigenvalue weighted by atomic mass is 9.99. The van der Waals surface area contributed by atoms with Gasteiger partial charge >= 0.3 is 0 Å². The van der Waals surface area contributed by atoms with E-state index >= 15 is 0 Å². The number of anilines is 2. The summed E-state index contributed by atoms with van der Waals surface area (Å²) in [4.78, 5) is 21.2. The van der Waals surface area contributed by atoms with Crippen LogP contribution in [0.15, 0.2) is 30.5 Å². The molecular formula is C26H30N4O5. The highest BCUT2D eigenvalue weighted by atomic mass is 16.5. The van der Waals surface area contributed by atoms with E-state index in [0.29, 0.717) is 44.4 Å². The van der Waals surface area contributed by atoms with Gasteiger partial charge in [-0.25, -0.2) is 4.98 Å². The summed E-state index contributed by atoms with van der Waals surface area (Å²) in [6.45, 7) is 5.20. The lowest BCUT2D eigenvalue weighted by Crippen LogP contribution is -2.38. The number of ether oxygens (including phenoxy) is 4. The number of fused-ring (bicyclic) bond motifs is 1. The normalized spacial score (nSPS) is 22.2. The number of rotatable bonds is 5. The molecular weight excluding hydrogens is 448 g/mol. The molecule has 3 aliphatic rings. The molecule has 0 saturated carbocycles. The van der Waals surface area contributed by atoms with Gasteiger partial charge in [0.15, 0.2) is 0 Å². The summed E-state index contributed by atoms with van der Waals surface area (Å²) in [6.07, 6.45) is 4.05. The molecule has 0 bridgehead atoms. The Morgan fingerprint density at radius 3 is 2.83 bits per heavy atom. The molecule has 3 aliphatic heterocycles. The maximum atomic E-state index is 12.9. The molecule has 2 unspecified atom stereocenters. The van der Waals surface area contributed by atoms with Crippen LogP contribution in [0.2, 0.25) is 0 Å². The fraction of sp³-hybridized carbons (Fsp3) is 0.500. The molecule has 0 radical (unpaired) electrons. The molecule has 184 valence electrons. The van der Waals surface area contributed by atoms with Crippen molar-refractivity contribution in [1.82, 2.24) is 9.88 Å². The summed E-state index contributed by atoms with van der Waals surface area (Å²) >= 11 is 0. The summed E-state index contributed by atoms with van der Waals surface area (Å²) in [5, 5.41) is 9.51. The maximum absolute atomic E-state index is 12.9. The second kappa shape index (κ2) is 10.0. The van der Waals surface area contributed by atoms with E-state index in [1.165, 1.54) is 7.11 Å². The lowest BCUT2D eigenvalue weighted by Gasteiger charge is -2.37. The van der Waals surface area contributed by atoms with Crippen molar-refractivity contribution < 1.29 is 23.7 Å². The van der Waals surface area contributed by atoms with Gasteiger partial charge in [-0.15, -0.1) is 0 Å². The Labute approximate surface area is 205 Å². The van der Waals surface area contributed by atoms with Gasteiger partial charge in [-0.05, 0) is 38.0 Å². The Morgan fingerprint density at radius 2 is 2.06 bits per heavy atom. The third-order valence-electron chi connectivity index (χ3n) is 6.87. The Hall–Kier alpha value is -3.51. The van der Waals surface area contributed by atoms with E-state index in [4.69, 9.17) is 18.9 Å². The molecule has 35 heavy (non-hydrogen) atoms. The van der Waals surface area contributed by atoms with Gasteiger partial charge in [-0.2, -0.15) is 5.26 Å². The van der Waals surface area contributed by atoms with E-state index < -0.39 is 0 Å². The molecule has 0 aliphatic carbocycles. The monoisotopic (exact) mass is 478 g/mol. The third kappa shape index (κ3) is 4.71. The number of carbonyl (C=O) groups is 1. The minimum absolute atomic E-state index is 0.0264. The fourth-order valence-corrected chi connectivity index (χ4v) is 5.03. The number of amides is 1. The molecule has 5 rings (SSSR count). The van der Waals surface area contributed by atoms with Gasteiger partial charge in [-0.3, -0.25) is 4.79 Å². The molecule has 2 aromatic rings. The zero-order valence-electron chi connectivity index (χ0n) is 20.1. The number of methoxy groups -OCH3 is 1. The predicted octanol–water partition coefficient (Wildman–Crippen LogP) is 3.29. The minimum Gasteiger partial charge on any atom is -0.489 e. The number of nitriles is 1. The van der Waals surface area contributed by atoms with Crippen molar-refractivity contribution in [3.63, 3.8) is 0 Å². The minimum atomic E-state index is -0.0555. The maximum Gasteiger partial charge on any atom is 0.231 e. The van der Waals surface area contributed by atoms with Gasteiger partial charge in [0.2, 0.25) is 11.8 Å². The summed E-state index contributed by atoms with van der Waals surface area (Å²) < 4.78 is 22.9. The Morgan fingerprint density at radius 1 is 1.23 bits per heavy atom. The first-order valence-electron chi connectivity index (χ1n) is 12.1. The number of pyridine rings is 1. The molecule has 9 nitrogen and oxygen atoms in total. The highest BCUT2D eigenvalue weighted by molar-refractivity contribution is 5.79. The molecule has 2 fully saturated rings. The first-order valence-corrected chi connectivity index (χ1v) is 12.1. The average Bonchev–Trinajstić information content (AvgIpc) is 3.36. The number of hydrogen-bond acceptors (Lipinski definition) is 8. The first kappa shape index (κ1) is 23.2. The highest BCUT2D eigenvalue weighted by Crippen LogP contribution is 2.42. The van der Waals surface area contributed by atoms with E-state index in [2.05, 4.69) is 22.9 Å². The van der Waals surface area contributed by atoms with Crippen LogP contribution in [-0.2, 0) is 9.53 Å². The van der Waals surface area contributed by atoms with Crippen LogP contribution in [0.1, 0.15) is 31.7 Å². The van der Waals surface area contributed by atoms with Crippen LogP contribution in [0.5, 0.6) is 17.4 Å². The van der Waals surface area contributed by atoms with Crippen LogP contribution in [0.25, 0.3) is 0 Å². The van der Waals surface area contributed by atoms with E-state index in [0.717, 1.165) is 42.1 Å². The van der Waals surface area contributed by atoms with Crippen molar-refractivity contribution in [2.24, 2.45) is 5.92 Å². The zero-order valence-corrected chi connectivity index (χ0v) is 20.1. The first-order chi connectivity index (χ1) is 17.1. The third-order valence-corrected chi connectivity index (χ3v) is 6.87. The molecule has 0 spiro atoms. The van der Waals surface area contributed by atoms with Gasteiger partial charge in [-0.1, -0.05) is 0 Å². The van der Waals surface area contributed by atoms with E-state index in [1.807, 2.05) is 23.1 Å². The number of carbonyl (C=O) groups excluding carboxylic acids is 1. The number of nitrogens with zero attached hydrogens (tertiary/aromatic N) is 4. The van der Waals surface area contributed by atoms with E-state index in [1.54, 1.807) is 12.3 Å². The Bertz CT molecular complexity index is 1130. The second-order valence-corrected chi connectivity index (χ2v) is 9.22. The summed E-state index contributed by atoms with van der Waals surface area (Å²) in [5.41, 5.74) is 2.01. The molecule has 2 saturated heterocycles. The fourth-order valence-electron chi connectivity index (χ4n) is 5.03. The topological polar surface area (TPSA) is 97.2 Å². The van der Waals surface area contributed by atoms with Gasteiger partial charge in [0.05, 0.1) is 37.3 Å². The number of benzene rings is 1. The number of likely N-dealkylation sites (tertiary alicyclic amines) is 1. The van der Waals surface area contributed by atoms with Crippen molar-refractivity contribution >= 4 is 17.3 Å². The van der Waals surface area contributed by atoms with Gasteiger partial charge in [0.1, 0.15) is 35.8 Å². The molecule has 1 aromatic carbocycles. The lowest BCUT2D eigenvalue weighted by molar-refractivity contribution is -0.137. The summed E-state index contributed by atoms with van der Waals surface area (Å²) in [7, 11) is 1.50. The second-order valence-electron chi connectivity index (χ2n) is 9.22. The van der Waals surface area contributed by atoms with Crippen LogP contribution in [0.4, 0.5) is 11.4 Å². The molecule has 2 atom stereocenters. The molecule has 1 amide bonds. The van der Waals surface area contributed by atoms with Crippen molar-refractivity contribution in [2.45, 2.75) is 38.3 Å². The van der Waals surface area contributed by atoms with Gasteiger partial charge in [0, 0.05) is 38.2 Å². The number of aromatic nitrogens is 1. The van der Waals surface area contributed by atoms with Crippen molar-refractivity contribution in [2.75, 3.05) is 44.9 Å². The number of hydrogen-bond donors (Lipinski definition) is 0. The standard InChI is InChI=1S/C26H30N4O5/c1-17-16-34-24-4-3-21(12-23(24)30(17)20-11-19(13-27)25(32-2)28-14-20)35-22-5-8-29(15-22)26(31)18-6-9-33-10-7-18/h3-4,11-12,14,17-18,22H,5-10,15-16H2,1-2H3. The molecule has 4 heterocycles. The summed E-state index contributed by atoms with van der Waals surface area (Å²) in [6, 6.07) is 9.73. The van der Waals surface area contributed by atoms with Crippen molar-refractivity contribution in [1.29, 1.82) is 5.26 Å². The average molecular weight is 479 g/mol. The largest absolute Gasteiger partial charge is 0.489 e. The zero-order chi connectivity index (χ0) is 24.4. The van der Waals surface area contributed by atoms with Crippen LogP contribution >= 0.6 is 0 Å². The molecule has 0 N–H and O–H groups in total. The van der Waals surface area contributed by atoms with E-state index in [-0.39, 0.29) is 24.0 Å². The van der Waals surface area contributed by atoms with Crippen LogP contribution in [0.3, 0.4) is 0 Å². The Kier molecular flexibility index (Phi) is 6.64. The van der Waals surface area contributed by atoms with Crippen molar-refractivity contribution in [3.05, 3.63) is 36.0 Å². The SMILES string of the molecule is COc1ncc(N2c3cc(OC4CCN(C(=O)C5CCOCC5)C4)ccc3OCC2C)cc1C#N. The van der Waals surface area contributed by atoms with Crippen LogP contribution in [-0.4, -0.2) is 68.0 Å². The predicted molar refractivity (Wildman–Crippen MR) is 128 cm³/mol. The summed E-state index contributed by atoms with van der Waals surface area (Å²) in [5.74, 6) is 2.05. The smallest absolute Gasteiger partial charge is 0.231 e. The van der Waals surface area contributed by atoms with E-state index in [9.17, 15) is 10.1 Å².